The van der Waals surface area contributed by atoms with E-state index in [0.717, 1.165) is 0 Å². The molecular weight excluding hydrogens is 278 g/mol. The lowest BCUT2D eigenvalue weighted by molar-refractivity contribution is -0.384. The Morgan fingerprint density at radius 3 is 2.24 bits per heavy atom. The maximum atomic E-state index is 12.1. The van der Waals surface area contributed by atoms with Crippen molar-refractivity contribution in [3.05, 3.63) is 34.4 Å². The summed E-state index contributed by atoms with van der Waals surface area (Å²) in [7, 11) is 3.07. The highest BCUT2D eigenvalue weighted by Gasteiger charge is 2.21. The van der Waals surface area contributed by atoms with Gasteiger partial charge in [-0.3, -0.25) is 24.6 Å². The minimum Gasteiger partial charge on any atom is -0.480 e. The Hall–Kier alpha value is -2.48. The SMILES string of the molecule is CC(C(=O)O)N(C)CC(=O)N(C)c1ccc([N+](=O)[O-])cc1. The van der Waals surface area contributed by atoms with Gasteiger partial charge in [0.1, 0.15) is 6.04 Å². The Labute approximate surface area is 121 Å². The Bertz CT molecular complexity index is 543. The summed E-state index contributed by atoms with van der Waals surface area (Å²) in [5.41, 5.74) is 0.443. The number of carbonyl (C=O) groups excluding carboxylic acids is 1. The lowest BCUT2D eigenvalue weighted by Crippen LogP contribution is -2.43. The molecule has 0 aliphatic rings. The van der Waals surface area contributed by atoms with Crippen molar-refractivity contribution >= 4 is 23.3 Å². The molecule has 0 spiro atoms. The van der Waals surface area contributed by atoms with Crippen LogP contribution in [-0.4, -0.2) is 53.5 Å². The van der Waals surface area contributed by atoms with Gasteiger partial charge in [0.25, 0.3) is 5.69 Å². The quantitative estimate of drug-likeness (QED) is 0.619. The average Bonchev–Trinajstić information content (AvgIpc) is 2.45. The highest BCUT2D eigenvalue weighted by Crippen LogP contribution is 2.18. The number of nitro groups is 1. The first-order valence-corrected chi connectivity index (χ1v) is 6.18. The third-order valence-electron chi connectivity index (χ3n) is 3.23. The number of anilines is 1. The molecule has 0 saturated carbocycles. The van der Waals surface area contributed by atoms with Crippen LogP contribution in [0.4, 0.5) is 11.4 Å². The van der Waals surface area contributed by atoms with Crippen molar-refractivity contribution in [3.8, 4) is 0 Å². The van der Waals surface area contributed by atoms with E-state index < -0.39 is 16.9 Å². The van der Waals surface area contributed by atoms with Crippen molar-refractivity contribution in [3.63, 3.8) is 0 Å². The highest BCUT2D eigenvalue weighted by molar-refractivity contribution is 5.94. The van der Waals surface area contributed by atoms with Crippen molar-refractivity contribution in [1.82, 2.24) is 4.90 Å². The Morgan fingerprint density at radius 2 is 1.81 bits per heavy atom. The minimum absolute atomic E-state index is 0.0591. The van der Waals surface area contributed by atoms with Crippen LogP contribution in [0.2, 0.25) is 0 Å². The predicted molar refractivity (Wildman–Crippen MR) is 76.2 cm³/mol. The van der Waals surface area contributed by atoms with E-state index in [4.69, 9.17) is 5.11 Å². The second-order valence-electron chi connectivity index (χ2n) is 4.66. The number of amides is 1. The van der Waals surface area contributed by atoms with Gasteiger partial charge in [-0.15, -0.1) is 0 Å². The Kier molecular flexibility index (Phi) is 5.37. The van der Waals surface area contributed by atoms with Crippen molar-refractivity contribution < 1.29 is 19.6 Å². The molecule has 0 aromatic heterocycles. The summed E-state index contributed by atoms with van der Waals surface area (Å²) in [6.45, 7) is 1.42. The molecule has 114 valence electrons. The topological polar surface area (TPSA) is 104 Å². The number of benzene rings is 1. The van der Waals surface area contributed by atoms with Crippen LogP contribution in [0.3, 0.4) is 0 Å². The van der Waals surface area contributed by atoms with Crippen LogP contribution in [0.5, 0.6) is 0 Å². The van der Waals surface area contributed by atoms with Crippen LogP contribution >= 0.6 is 0 Å². The van der Waals surface area contributed by atoms with E-state index in [1.807, 2.05) is 0 Å². The first kappa shape index (κ1) is 16.6. The Balaban J connectivity index is 2.74. The van der Waals surface area contributed by atoms with Crippen molar-refractivity contribution in [1.29, 1.82) is 0 Å². The summed E-state index contributed by atoms with van der Waals surface area (Å²) < 4.78 is 0. The number of hydrogen-bond acceptors (Lipinski definition) is 5. The third-order valence-corrected chi connectivity index (χ3v) is 3.23. The molecule has 1 atom stereocenters. The van der Waals surface area contributed by atoms with Crippen LogP contribution in [-0.2, 0) is 9.59 Å². The zero-order valence-electron chi connectivity index (χ0n) is 12.0. The summed E-state index contributed by atoms with van der Waals surface area (Å²) in [4.78, 5) is 35.7. The van der Waals surface area contributed by atoms with E-state index in [-0.39, 0.29) is 18.1 Å². The normalized spacial score (nSPS) is 12.0. The number of carboxylic acid groups (broad SMARTS) is 1. The third kappa shape index (κ3) is 4.25. The zero-order chi connectivity index (χ0) is 16.2. The van der Waals surface area contributed by atoms with E-state index in [1.165, 1.54) is 48.0 Å². The smallest absolute Gasteiger partial charge is 0.320 e. The van der Waals surface area contributed by atoms with Crippen molar-refractivity contribution in [2.75, 3.05) is 25.5 Å². The molecule has 0 bridgehead atoms. The molecular formula is C13H17N3O5. The van der Waals surface area contributed by atoms with Gasteiger partial charge in [0.2, 0.25) is 5.91 Å². The van der Waals surface area contributed by atoms with Crippen LogP contribution in [0.1, 0.15) is 6.92 Å². The van der Waals surface area contributed by atoms with Gasteiger partial charge in [-0.25, -0.2) is 0 Å². The van der Waals surface area contributed by atoms with E-state index in [0.29, 0.717) is 5.69 Å². The molecule has 1 amide bonds. The van der Waals surface area contributed by atoms with Crippen LogP contribution in [0.15, 0.2) is 24.3 Å². The fourth-order valence-electron chi connectivity index (χ4n) is 1.59. The molecule has 1 aromatic carbocycles. The number of likely N-dealkylation sites (N-methyl/N-ethyl adjacent to an activating group) is 2. The molecule has 1 N–H and O–H groups in total. The number of carbonyl (C=O) groups is 2. The lowest BCUT2D eigenvalue weighted by atomic mass is 10.2. The molecule has 1 unspecified atom stereocenters. The van der Waals surface area contributed by atoms with Gasteiger partial charge >= 0.3 is 5.97 Å². The van der Waals surface area contributed by atoms with Gasteiger partial charge in [-0.2, -0.15) is 0 Å². The lowest BCUT2D eigenvalue weighted by Gasteiger charge is -2.24. The van der Waals surface area contributed by atoms with Gasteiger partial charge < -0.3 is 10.0 Å². The number of carboxylic acids is 1. The van der Waals surface area contributed by atoms with Crippen LogP contribution in [0, 0.1) is 10.1 Å². The number of hydrogen-bond donors (Lipinski definition) is 1. The molecule has 21 heavy (non-hydrogen) atoms. The average molecular weight is 295 g/mol. The first-order valence-electron chi connectivity index (χ1n) is 6.18. The van der Waals surface area contributed by atoms with Gasteiger partial charge in [0, 0.05) is 24.9 Å². The van der Waals surface area contributed by atoms with Crippen LogP contribution < -0.4 is 4.90 Å². The van der Waals surface area contributed by atoms with Gasteiger partial charge in [-0.05, 0) is 26.1 Å². The number of rotatable bonds is 6. The monoisotopic (exact) mass is 295 g/mol. The molecule has 8 heteroatoms. The van der Waals surface area contributed by atoms with Gasteiger partial charge in [0.15, 0.2) is 0 Å². The van der Waals surface area contributed by atoms with Crippen molar-refractivity contribution in [2.24, 2.45) is 0 Å². The summed E-state index contributed by atoms with van der Waals surface area (Å²) in [5.74, 6) is -1.32. The second kappa shape index (κ2) is 6.80. The molecule has 0 aliphatic heterocycles. The number of non-ortho nitro benzene ring substituents is 1. The molecule has 0 fully saturated rings. The molecule has 0 radical (unpaired) electrons. The van der Waals surface area contributed by atoms with Crippen molar-refractivity contribution in [2.45, 2.75) is 13.0 Å². The number of nitrogens with zero attached hydrogens (tertiary/aromatic N) is 3. The summed E-state index contributed by atoms with van der Waals surface area (Å²) in [5, 5.41) is 19.4. The highest BCUT2D eigenvalue weighted by atomic mass is 16.6. The molecule has 0 saturated heterocycles. The summed E-state index contributed by atoms with van der Waals surface area (Å²) >= 11 is 0. The predicted octanol–water partition coefficient (Wildman–Crippen LogP) is 0.962. The fraction of sp³-hybridized carbons (Fsp3) is 0.385. The molecule has 1 aromatic rings. The van der Waals surface area contributed by atoms with Crippen LogP contribution in [0.25, 0.3) is 0 Å². The van der Waals surface area contributed by atoms with E-state index in [1.54, 1.807) is 7.05 Å². The largest absolute Gasteiger partial charge is 0.480 e. The van der Waals surface area contributed by atoms with Gasteiger partial charge in [0.05, 0.1) is 11.5 Å². The summed E-state index contributed by atoms with van der Waals surface area (Å²) in [6.07, 6.45) is 0. The number of nitro benzene ring substituents is 1. The molecule has 1 rings (SSSR count). The molecule has 0 aliphatic carbocycles. The van der Waals surface area contributed by atoms with E-state index in [9.17, 15) is 19.7 Å². The first-order chi connectivity index (χ1) is 9.73. The minimum atomic E-state index is -1.01. The summed E-state index contributed by atoms with van der Waals surface area (Å²) in [6, 6.07) is 4.78. The maximum Gasteiger partial charge on any atom is 0.320 e. The Morgan fingerprint density at radius 1 is 1.29 bits per heavy atom. The number of aliphatic carboxylic acids is 1. The fourth-order valence-corrected chi connectivity index (χ4v) is 1.59. The van der Waals surface area contributed by atoms with Gasteiger partial charge in [-0.1, -0.05) is 0 Å². The standard InChI is InChI=1S/C13H17N3O5/c1-9(13(18)19)14(2)8-12(17)15(3)10-4-6-11(7-5-10)16(20)21/h4-7,9H,8H2,1-3H3,(H,18,19). The second-order valence-corrected chi connectivity index (χ2v) is 4.66. The zero-order valence-corrected chi connectivity index (χ0v) is 12.0. The molecule has 0 heterocycles. The van der Waals surface area contributed by atoms with E-state index >= 15 is 0 Å². The van der Waals surface area contributed by atoms with E-state index in [2.05, 4.69) is 0 Å². The molecule has 8 nitrogen and oxygen atoms in total. The maximum absolute atomic E-state index is 12.1.